The Morgan fingerprint density at radius 1 is 1.08 bits per heavy atom. The summed E-state index contributed by atoms with van der Waals surface area (Å²) in [5.41, 5.74) is 3.54. The molecule has 0 aliphatic heterocycles. The van der Waals surface area contributed by atoms with Crippen LogP contribution in [0.25, 0.3) is 0 Å². The summed E-state index contributed by atoms with van der Waals surface area (Å²) in [7, 11) is 1.67. The summed E-state index contributed by atoms with van der Waals surface area (Å²) in [6, 6.07) is 16.6. The lowest BCUT2D eigenvalue weighted by molar-refractivity contribution is 0.281. The molecule has 5 heteroatoms. The van der Waals surface area contributed by atoms with Gasteiger partial charge in [0.2, 0.25) is 0 Å². The van der Waals surface area contributed by atoms with Crippen molar-refractivity contribution in [3.8, 4) is 11.5 Å². The predicted molar refractivity (Wildman–Crippen MR) is 111 cm³/mol. The molecule has 136 valence electrons. The zero-order valence-electron chi connectivity index (χ0n) is 14.9. The van der Waals surface area contributed by atoms with E-state index in [1.165, 1.54) is 16.0 Å². The van der Waals surface area contributed by atoms with Gasteiger partial charge in [0.25, 0.3) is 0 Å². The topological polar surface area (TPSA) is 30.5 Å². The van der Waals surface area contributed by atoms with Gasteiger partial charge in [0.1, 0.15) is 6.61 Å². The Morgan fingerprint density at radius 2 is 1.92 bits per heavy atom. The van der Waals surface area contributed by atoms with E-state index in [1.54, 1.807) is 18.4 Å². The van der Waals surface area contributed by atoms with Gasteiger partial charge in [0, 0.05) is 18.0 Å². The Balaban J connectivity index is 1.67. The summed E-state index contributed by atoms with van der Waals surface area (Å²) >= 11 is 5.39. The largest absolute Gasteiger partial charge is 0.493 e. The van der Waals surface area contributed by atoms with E-state index in [-0.39, 0.29) is 0 Å². The molecule has 3 rings (SSSR count). The number of thiophene rings is 1. The van der Waals surface area contributed by atoms with Crippen LogP contribution in [0, 0.1) is 6.92 Å². The van der Waals surface area contributed by atoms with Gasteiger partial charge in [-0.2, -0.15) is 0 Å². The fourth-order valence-corrected chi connectivity index (χ4v) is 3.96. The van der Waals surface area contributed by atoms with Crippen molar-refractivity contribution in [3.05, 3.63) is 80.0 Å². The number of hydrogen-bond acceptors (Lipinski definition) is 4. The van der Waals surface area contributed by atoms with Gasteiger partial charge in [-0.25, -0.2) is 0 Å². The van der Waals surface area contributed by atoms with Crippen molar-refractivity contribution in [2.24, 2.45) is 0 Å². The number of methoxy groups -OCH3 is 1. The molecule has 26 heavy (non-hydrogen) atoms. The smallest absolute Gasteiger partial charge is 0.175 e. The molecule has 0 aliphatic rings. The minimum atomic E-state index is 0.512. The Bertz CT molecular complexity index is 849. The number of hydrogen-bond donors (Lipinski definition) is 1. The van der Waals surface area contributed by atoms with E-state index in [9.17, 15) is 0 Å². The fourth-order valence-electron chi connectivity index (χ4n) is 2.68. The van der Waals surface area contributed by atoms with Crippen molar-refractivity contribution < 1.29 is 9.47 Å². The molecule has 0 saturated carbocycles. The molecule has 0 bridgehead atoms. The van der Waals surface area contributed by atoms with Gasteiger partial charge >= 0.3 is 0 Å². The third-order valence-electron chi connectivity index (χ3n) is 4.13. The fraction of sp³-hybridized carbons (Fsp3) is 0.238. The molecule has 0 atom stereocenters. The van der Waals surface area contributed by atoms with E-state index < -0.39 is 0 Å². The van der Waals surface area contributed by atoms with Crippen LogP contribution < -0.4 is 14.8 Å². The maximum atomic E-state index is 6.05. The zero-order valence-corrected chi connectivity index (χ0v) is 17.3. The summed E-state index contributed by atoms with van der Waals surface area (Å²) in [5.74, 6) is 1.47. The Morgan fingerprint density at radius 3 is 2.65 bits per heavy atom. The van der Waals surface area contributed by atoms with Crippen LogP contribution in [0.15, 0.2) is 58.4 Å². The number of rotatable bonds is 8. The standard InChI is InChI=1S/C21H22BrNO2S/c1-15-6-3-4-7-17(15)14-25-21-19(22)10-16(11-20(21)24-2)12-23-13-18-8-5-9-26-18/h3-11,23H,12-14H2,1-2H3. The molecule has 3 nitrogen and oxygen atoms in total. The second-order valence-corrected chi connectivity index (χ2v) is 7.89. The summed E-state index contributed by atoms with van der Waals surface area (Å²) < 4.78 is 12.5. The van der Waals surface area contributed by atoms with Crippen molar-refractivity contribution in [1.82, 2.24) is 5.32 Å². The minimum Gasteiger partial charge on any atom is -0.493 e. The van der Waals surface area contributed by atoms with Gasteiger partial charge in [-0.15, -0.1) is 11.3 Å². The summed E-state index contributed by atoms with van der Waals surface area (Å²) in [4.78, 5) is 1.33. The average Bonchev–Trinajstić information content (AvgIpc) is 3.15. The molecule has 2 aromatic carbocycles. The maximum Gasteiger partial charge on any atom is 0.175 e. The van der Waals surface area contributed by atoms with E-state index >= 15 is 0 Å². The van der Waals surface area contributed by atoms with Crippen LogP contribution in [0.3, 0.4) is 0 Å². The quantitative estimate of drug-likeness (QED) is 0.496. The van der Waals surface area contributed by atoms with Crippen LogP contribution in [-0.2, 0) is 19.7 Å². The van der Waals surface area contributed by atoms with E-state index in [2.05, 4.69) is 63.9 Å². The van der Waals surface area contributed by atoms with Crippen molar-refractivity contribution in [2.75, 3.05) is 7.11 Å². The van der Waals surface area contributed by atoms with Crippen LogP contribution in [0.2, 0.25) is 0 Å². The summed E-state index contributed by atoms with van der Waals surface area (Å²) in [6.45, 7) is 4.24. The van der Waals surface area contributed by atoms with Crippen LogP contribution in [0.5, 0.6) is 11.5 Å². The first-order chi connectivity index (χ1) is 12.7. The summed E-state index contributed by atoms with van der Waals surface area (Å²) in [5, 5.41) is 5.56. The third-order valence-corrected chi connectivity index (χ3v) is 5.60. The molecular weight excluding hydrogens is 410 g/mol. The lowest BCUT2D eigenvalue weighted by Crippen LogP contribution is -2.12. The predicted octanol–water partition coefficient (Wildman–Crippen LogP) is 5.70. The number of nitrogens with one attached hydrogen (secondary N) is 1. The van der Waals surface area contributed by atoms with E-state index in [0.717, 1.165) is 34.6 Å². The van der Waals surface area contributed by atoms with Gasteiger partial charge in [-0.1, -0.05) is 30.3 Å². The number of halogens is 1. The van der Waals surface area contributed by atoms with Gasteiger partial charge in [-0.3, -0.25) is 0 Å². The van der Waals surface area contributed by atoms with Gasteiger partial charge < -0.3 is 14.8 Å². The van der Waals surface area contributed by atoms with E-state index in [4.69, 9.17) is 9.47 Å². The van der Waals surface area contributed by atoms with Crippen molar-refractivity contribution in [1.29, 1.82) is 0 Å². The number of benzene rings is 2. The normalized spacial score (nSPS) is 10.7. The summed E-state index contributed by atoms with van der Waals surface area (Å²) in [6.07, 6.45) is 0. The highest BCUT2D eigenvalue weighted by atomic mass is 79.9. The number of aryl methyl sites for hydroxylation is 1. The second-order valence-electron chi connectivity index (χ2n) is 6.01. The van der Waals surface area contributed by atoms with Gasteiger partial charge in [-0.05, 0) is 63.1 Å². The first-order valence-electron chi connectivity index (χ1n) is 8.44. The molecule has 0 unspecified atom stereocenters. The second kappa shape index (κ2) is 9.21. The Labute approximate surface area is 167 Å². The van der Waals surface area contributed by atoms with Crippen LogP contribution in [-0.4, -0.2) is 7.11 Å². The van der Waals surface area contributed by atoms with Gasteiger partial charge in [0.15, 0.2) is 11.5 Å². The van der Waals surface area contributed by atoms with Crippen molar-refractivity contribution in [2.45, 2.75) is 26.6 Å². The first kappa shape index (κ1) is 19.0. The molecule has 1 heterocycles. The molecule has 0 aliphatic carbocycles. The maximum absolute atomic E-state index is 6.05. The monoisotopic (exact) mass is 431 g/mol. The molecule has 1 aromatic heterocycles. The average molecular weight is 432 g/mol. The third kappa shape index (κ3) is 4.87. The lowest BCUT2D eigenvalue weighted by Gasteiger charge is -2.15. The number of ether oxygens (including phenoxy) is 2. The van der Waals surface area contributed by atoms with Crippen LogP contribution >= 0.6 is 27.3 Å². The van der Waals surface area contributed by atoms with Crippen LogP contribution in [0.4, 0.5) is 0 Å². The highest BCUT2D eigenvalue weighted by Crippen LogP contribution is 2.37. The molecular formula is C21H22BrNO2S. The van der Waals surface area contributed by atoms with Crippen molar-refractivity contribution >= 4 is 27.3 Å². The minimum absolute atomic E-state index is 0.512. The van der Waals surface area contributed by atoms with Gasteiger partial charge in [0.05, 0.1) is 11.6 Å². The molecule has 0 spiro atoms. The molecule has 0 radical (unpaired) electrons. The zero-order chi connectivity index (χ0) is 18.4. The molecule has 0 saturated heterocycles. The molecule has 0 fully saturated rings. The van der Waals surface area contributed by atoms with Crippen LogP contribution in [0.1, 0.15) is 21.6 Å². The lowest BCUT2D eigenvalue weighted by atomic mass is 10.1. The molecule has 3 aromatic rings. The Hall–Kier alpha value is -1.82. The highest BCUT2D eigenvalue weighted by Gasteiger charge is 2.12. The van der Waals surface area contributed by atoms with Crippen molar-refractivity contribution in [3.63, 3.8) is 0 Å². The highest BCUT2D eigenvalue weighted by molar-refractivity contribution is 9.10. The van der Waals surface area contributed by atoms with E-state index in [0.29, 0.717) is 6.61 Å². The molecule has 1 N–H and O–H groups in total. The first-order valence-corrected chi connectivity index (χ1v) is 10.1. The molecule has 0 amide bonds. The van der Waals surface area contributed by atoms with E-state index in [1.807, 2.05) is 18.2 Å². The Kier molecular flexibility index (Phi) is 6.72. The SMILES string of the molecule is COc1cc(CNCc2cccs2)cc(Br)c1OCc1ccccc1C.